The number of nitrogens with two attached hydrogens (primary N) is 1. The lowest BCUT2D eigenvalue weighted by molar-refractivity contribution is -0.131. The number of carboxylic acids is 1. The van der Waals surface area contributed by atoms with E-state index in [1.54, 1.807) is 12.1 Å². The molecule has 1 aromatic rings. The highest BCUT2D eigenvalue weighted by molar-refractivity contribution is 5.86. The van der Waals surface area contributed by atoms with E-state index >= 15 is 0 Å². The number of nitrogen functional groups attached to an aromatic ring is 1. The Labute approximate surface area is 80.9 Å². The van der Waals surface area contributed by atoms with Gasteiger partial charge < -0.3 is 10.8 Å². The number of aliphatic carboxylic acids is 1. The van der Waals surface area contributed by atoms with Crippen LogP contribution >= 0.6 is 0 Å². The van der Waals surface area contributed by atoms with Crippen LogP contribution in [0, 0.1) is 11.3 Å². The standard InChI is InChI=1S/C10H8N2O2/c11-6-7-1-2-8(9(12)5-7)3-4-10(13)14/h1-5H,12H2,(H,13,14)/b4-3+. The van der Waals surface area contributed by atoms with Crippen molar-refractivity contribution in [1.82, 2.24) is 0 Å². The normalized spacial score (nSPS) is 9.93. The molecule has 1 rings (SSSR count). The van der Waals surface area contributed by atoms with Gasteiger partial charge in [0.1, 0.15) is 0 Å². The van der Waals surface area contributed by atoms with Crippen molar-refractivity contribution in [3.05, 3.63) is 35.4 Å². The summed E-state index contributed by atoms with van der Waals surface area (Å²) in [7, 11) is 0. The minimum Gasteiger partial charge on any atom is -0.478 e. The van der Waals surface area contributed by atoms with E-state index in [-0.39, 0.29) is 0 Å². The number of benzene rings is 1. The molecule has 0 amide bonds. The Morgan fingerprint density at radius 2 is 2.29 bits per heavy atom. The van der Waals surface area contributed by atoms with Crippen molar-refractivity contribution in [3.8, 4) is 6.07 Å². The first-order chi connectivity index (χ1) is 6.63. The topological polar surface area (TPSA) is 87.1 Å². The average Bonchev–Trinajstić information content (AvgIpc) is 2.15. The van der Waals surface area contributed by atoms with Crippen LogP contribution in [0.5, 0.6) is 0 Å². The summed E-state index contributed by atoms with van der Waals surface area (Å²) in [5.74, 6) is -1.03. The maximum absolute atomic E-state index is 10.2. The molecule has 4 heteroatoms. The first-order valence-corrected chi connectivity index (χ1v) is 3.84. The molecule has 3 N–H and O–H groups in total. The first-order valence-electron chi connectivity index (χ1n) is 3.84. The lowest BCUT2D eigenvalue weighted by Gasteiger charge is -1.99. The van der Waals surface area contributed by atoms with Crippen LogP contribution in [0.2, 0.25) is 0 Å². The zero-order chi connectivity index (χ0) is 10.6. The number of rotatable bonds is 2. The van der Waals surface area contributed by atoms with Gasteiger partial charge in [-0.25, -0.2) is 4.79 Å². The van der Waals surface area contributed by atoms with Gasteiger partial charge in [0.25, 0.3) is 0 Å². The van der Waals surface area contributed by atoms with Crippen molar-refractivity contribution in [3.63, 3.8) is 0 Å². The smallest absolute Gasteiger partial charge is 0.328 e. The van der Waals surface area contributed by atoms with Crippen LogP contribution in [-0.4, -0.2) is 11.1 Å². The van der Waals surface area contributed by atoms with E-state index in [0.717, 1.165) is 6.08 Å². The molecule has 0 heterocycles. The van der Waals surface area contributed by atoms with Gasteiger partial charge in [-0.3, -0.25) is 0 Å². The minimum absolute atomic E-state index is 0.390. The molecule has 70 valence electrons. The lowest BCUT2D eigenvalue weighted by Crippen LogP contribution is -1.91. The molecule has 0 unspecified atom stereocenters. The van der Waals surface area contributed by atoms with Gasteiger partial charge in [0.15, 0.2) is 0 Å². The zero-order valence-corrected chi connectivity index (χ0v) is 7.27. The molecule has 14 heavy (non-hydrogen) atoms. The van der Waals surface area contributed by atoms with E-state index in [2.05, 4.69) is 0 Å². The van der Waals surface area contributed by atoms with Gasteiger partial charge in [0.05, 0.1) is 11.6 Å². The lowest BCUT2D eigenvalue weighted by atomic mass is 10.1. The molecule has 0 radical (unpaired) electrons. The van der Waals surface area contributed by atoms with E-state index in [1.807, 2.05) is 6.07 Å². The Hall–Kier alpha value is -2.28. The second kappa shape index (κ2) is 4.10. The van der Waals surface area contributed by atoms with Crippen LogP contribution in [0.1, 0.15) is 11.1 Å². The highest BCUT2D eigenvalue weighted by atomic mass is 16.4. The molecule has 1 aromatic carbocycles. The van der Waals surface area contributed by atoms with Crippen LogP contribution in [0.4, 0.5) is 5.69 Å². The SMILES string of the molecule is N#Cc1ccc(/C=C/C(=O)O)c(N)c1. The van der Waals surface area contributed by atoms with Crippen LogP contribution in [0.3, 0.4) is 0 Å². The molecule has 0 aliphatic carbocycles. The molecule has 4 nitrogen and oxygen atoms in total. The molecule has 0 atom stereocenters. The third kappa shape index (κ3) is 2.35. The fourth-order valence-electron chi connectivity index (χ4n) is 0.957. The molecule has 0 aliphatic rings. The third-order valence-electron chi connectivity index (χ3n) is 1.62. The summed E-state index contributed by atoms with van der Waals surface area (Å²) in [6.45, 7) is 0. The number of carboxylic acid groups (broad SMARTS) is 1. The summed E-state index contributed by atoms with van der Waals surface area (Å²) >= 11 is 0. The maximum atomic E-state index is 10.2. The minimum atomic E-state index is -1.03. The second-order valence-electron chi connectivity index (χ2n) is 2.63. The largest absolute Gasteiger partial charge is 0.478 e. The Kier molecular flexibility index (Phi) is 2.87. The highest BCUT2D eigenvalue weighted by Crippen LogP contribution is 2.15. The Bertz CT molecular complexity index is 430. The summed E-state index contributed by atoms with van der Waals surface area (Å²) in [4.78, 5) is 10.2. The van der Waals surface area contributed by atoms with Crippen molar-refractivity contribution in [1.29, 1.82) is 5.26 Å². The van der Waals surface area contributed by atoms with Crippen LogP contribution in [0.15, 0.2) is 24.3 Å². The summed E-state index contributed by atoms with van der Waals surface area (Å²) in [5, 5.41) is 16.9. The van der Waals surface area contributed by atoms with Crippen molar-refractivity contribution in [2.24, 2.45) is 0 Å². The second-order valence-corrected chi connectivity index (χ2v) is 2.63. The summed E-state index contributed by atoms with van der Waals surface area (Å²) in [5.41, 5.74) is 7.02. The van der Waals surface area contributed by atoms with Gasteiger partial charge in [-0.1, -0.05) is 6.07 Å². The zero-order valence-electron chi connectivity index (χ0n) is 7.27. The quantitative estimate of drug-likeness (QED) is 0.540. The molecule has 0 spiro atoms. The van der Waals surface area contributed by atoms with Gasteiger partial charge in [0, 0.05) is 11.8 Å². The fourth-order valence-corrected chi connectivity index (χ4v) is 0.957. The molecular weight excluding hydrogens is 180 g/mol. The number of nitrogens with zero attached hydrogens (tertiary/aromatic N) is 1. The van der Waals surface area contributed by atoms with Gasteiger partial charge in [-0.15, -0.1) is 0 Å². The fraction of sp³-hybridized carbons (Fsp3) is 0. The summed E-state index contributed by atoms with van der Waals surface area (Å²) < 4.78 is 0. The van der Waals surface area contributed by atoms with E-state index in [4.69, 9.17) is 16.1 Å². The molecule has 0 fully saturated rings. The predicted octanol–water partition coefficient (Wildman–Crippen LogP) is 1.24. The van der Waals surface area contributed by atoms with Crippen molar-refractivity contribution in [2.45, 2.75) is 0 Å². The van der Waals surface area contributed by atoms with Gasteiger partial charge in [0.2, 0.25) is 0 Å². The highest BCUT2D eigenvalue weighted by Gasteiger charge is 1.97. The van der Waals surface area contributed by atoms with Gasteiger partial charge in [-0.2, -0.15) is 5.26 Å². The number of hydrogen-bond acceptors (Lipinski definition) is 3. The Morgan fingerprint density at radius 3 is 2.79 bits per heavy atom. The van der Waals surface area contributed by atoms with Crippen LogP contribution in [-0.2, 0) is 4.79 Å². The molecular formula is C10H8N2O2. The summed E-state index contributed by atoms with van der Waals surface area (Å²) in [6.07, 6.45) is 2.39. The molecule has 0 saturated heterocycles. The Balaban J connectivity index is 3.02. The molecule has 0 aliphatic heterocycles. The van der Waals surface area contributed by atoms with Crippen molar-refractivity contribution >= 4 is 17.7 Å². The number of carbonyl (C=O) groups is 1. The first kappa shape index (κ1) is 9.81. The number of nitriles is 1. The molecule has 0 aromatic heterocycles. The van der Waals surface area contributed by atoms with Crippen LogP contribution in [0.25, 0.3) is 6.08 Å². The van der Waals surface area contributed by atoms with Crippen LogP contribution < -0.4 is 5.73 Å². The van der Waals surface area contributed by atoms with E-state index in [9.17, 15) is 4.79 Å². The Morgan fingerprint density at radius 1 is 1.57 bits per heavy atom. The van der Waals surface area contributed by atoms with E-state index in [0.29, 0.717) is 16.8 Å². The summed E-state index contributed by atoms with van der Waals surface area (Å²) in [6, 6.07) is 6.63. The van der Waals surface area contributed by atoms with E-state index < -0.39 is 5.97 Å². The monoisotopic (exact) mass is 188 g/mol. The van der Waals surface area contributed by atoms with Crippen molar-refractivity contribution in [2.75, 3.05) is 5.73 Å². The number of hydrogen-bond donors (Lipinski definition) is 2. The molecule has 0 saturated carbocycles. The number of anilines is 1. The average molecular weight is 188 g/mol. The van der Waals surface area contributed by atoms with E-state index in [1.165, 1.54) is 12.1 Å². The van der Waals surface area contributed by atoms with Gasteiger partial charge >= 0.3 is 5.97 Å². The van der Waals surface area contributed by atoms with Crippen molar-refractivity contribution < 1.29 is 9.90 Å². The maximum Gasteiger partial charge on any atom is 0.328 e. The predicted molar refractivity (Wildman–Crippen MR) is 52.2 cm³/mol. The third-order valence-corrected chi connectivity index (χ3v) is 1.62. The van der Waals surface area contributed by atoms with Gasteiger partial charge in [-0.05, 0) is 23.8 Å². The molecule has 0 bridgehead atoms.